The van der Waals surface area contributed by atoms with Crippen molar-refractivity contribution in [2.24, 2.45) is 7.05 Å². The molecule has 0 bridgehead atoms. The minimum absolute atomic E-state index is 0.0908. The van der Waals surface area contributed by atoms with E-state index in [4.69, 9.17) is 0 Å². The summed E-state index contributed by atoms with van der Waals surface area (Å²) < 4.78 is 54.2. The number of nitrogens with one attached hydrogen (secondary N) is 1. The first kappa shape index (κ1) is 15.1. The Hall–Kier alpha value is -1.32. The van der Waals surface area contributed by atoms with Gasteiger partial charge in [0.1, 0.15) is 16.5 Å². The van der Waals surface area contributed by atoms with Crippen LogP contribution in [-0.2, 0) is 23.6 Å². The van der Waals surface area contributed by atoms with Crippen LogP contribution in [0.25, 0.3) is 0 Å². The molecule has 1 aromatic carbocycles. The number of benzene rings is 1. The Balaban J connectivity index is 2.27. The summed E-state index contributed by atoms with van der Waals surface area (Å²) in [5, 5.41) is 3.99. The lowest BCUT2D eigenvalue weighted by molar-refractivity contribution is 0.540. The molecule has 108 valence electrons. The molecule has 0 unspecified atom stereocenters. The molecule has 1 aromatic heterocycles. The van der Waals surface area contributed by atoms with Crippen LogP contribution in [0.15, 0.2) is 33.8 Å². The first-order valence-corrected chi connectivity index (χ1v) is 7.70. The van der Waals surface area contributed by atoms with E-state index in [1.807, 2.05) is 0 Å². The third-order valence-corrected chi connectivity index (χ3v) is 4.81. The van der Waals surface area contributed by atoms with Crippen LogP contribution in [0, 0.1) is 11.6 Å². The summed E-state index contributed by atoms with van der Waals surface area (Å²) in [5.41, 5.74) is 0.481. The van der Waals surface area contributed by atoms with Gasteiger partial charge < -0.3 is 0 Å². The van der Waals surface area contributed by atoms with Gasteiger partial charge in [0.05, 0.1) is 12.2 Å². The first-order chi connectivity index (χ1) is 9.29. The van der Waals surface area contributed by atoms with Crippen LogP contribution in [0.5, 0.6) is 0 Å². The zero-order valence-electron chi connectivity index (χ0n) is 10.3. The minimum Gasteiger partial charge on any atom is -0.276 e. The second-order valence-electron chi connectivity index (χ2n) is 4.00. The summed E-state index contributed by atoms with van der Waals surface area (Å²) >= 11 is 2.85. The highest BCUT2D eigenvalue weighted by Crippen LogP contribution is 2.26. The number of sulfonamides is 1. The highest BCUT2D eigenvalue weighted by molar-refractivity contribution is 9.10. The molecular weight excluding hydrogens is 356 g/mol. The van der Waals surface area contributed by atoms with E-state index < -0.39 is 26.6 Å². The second kappa shape index (κ2) is 5.58. The van der Waals surface area contributed by atoms with Crippen molar-refractivity contribution in [3.8, 4) is 0 Å². The fraction of sp³-hybridized carbons (Fsp3) is 0.182. The number of aryl methyl sites for hydroxylation is 1. The Kier molecular flexibility index (Phi) is 4.21. The maximum absolute atomic E-state index is 13.6. The molecule has 0 aliphatic rings. The molecule has 0 atom stereocenters. The molecule has 5 nitrogen and oxygen atoms in total. The monoisotopic (exact) mass is 365 g/mol. The van der Waals surface area contributed by atoms with Crippen molar-refractivity contribution < 1.29 is 17.2 Å². The van der Waals surface area contributed by atoms with Gasteiger partial charge in [-0.3, -0.25) is 4.68 Å². The predicted molar refractivity (Wildman–Crippen MR) is 71.3 cm³/mol. The molecule has 0 saturated carbocycles. The van der Waals surface area contributed by atoms with E-state index in [0.717, 1.165) is 6.07 Å². The quantitative estimate of drug-likeness (QED) is 0.900. The number of aromatic nitrogens is 2. The normalized spacial score (nSPS) is 11.8. The number of nitrogens with zero attached hydrogens (tertiary/aromatic N) is 2. The van der Waals surface area contributed by atoms with Gasteiger partial charge >= 0.3 is 0 Å². The molecule has 0 fully saturated rings. The van der Waals surface area contributed by atoms with Crippen molar-refractivity contribution >= 4 is 26.0 Å². The van der Waals surface area contributed by atoms with Gasteiger partial charge in [-0.1, -0.05) is 0 Å². The van der Waals surface area contributed by atoms with Crippen molar-refractivity contribution in [3.63, 3.8) is 0 Å². The maximum atomic E-state index is 13.6. The molecular formula is C11H10BrF2N3O2S. The summed E-state index contributed by atoms with van der Waals surface area (Å²) in [4.78, 5) is -0.630. The van der Waals surface area contributed by atoms with E-state index >= 15 is 0 Å². The standard InChI is InChI=1S/C11H10BrF2N3O2S/c1-17-3-2-8(16-17)6-15-20(18,19)11-9(12)4-7(13)5-10(11)14/h2-5,15H,6H2,1H3. The Bertz CT molecular complexity index is 723. The van der Waals surface area contributed by atoms with Crippen LogP contribution < -0.4 is 4.72 Å². The van der Waals surface area contributed by atoms with Crippen LogP contribution in [0.3, 0.4) is 0 Å². The molecule has 0 radical (unpaired) electrons. The van der Waals surface area contributed by atoms with Crippen LogP contribution >= 0.6 is 15.9 Å². The number of hydrogen-bond donors (Lipinski definition) is 1. The van der Waals surface area contributed by atoms with Crippen LogP contribution in [-0.4, -0.2) is 18.2 Å². The molecule has 2 aromatic rings. The summed E-state index contributed by atoms with van der Waals surface area (Å²) in [6.45, 7) is -0.0908. The van der Waals surface area contributed by atoms with Crippen molar-refractivity contribution in [1.82, 2.24) is 14.5 Å². The van der Waals surface area contributed by atoms with Crippen molar-refractivity contribution in [2.45, 2.75) is 11.4 Å². The fourth-order valence-electron chi connectivity index (χ4n) is 1.58. The van der Waals surface area contributed by atoms with E-state index in [2.05, 4.69) is 25.8 Å². The molecule has 0 spiro atoms. The Morgan fingerprint density at radius 2 is 2.10 bits per heavy atom. The smallest absolute Gasteiger partial charge is 0.244 e. The first-order valence-electron chi connectivity index (χ1n) is 5.42. The van der Waals surface area contributed by atoms with Gasteiger partial charge in [0.15, 0.2) is 0 Å². The molecule has 9 heteroatoms. The van der Waals surface area contributed by atoms with Gasteiger partial charge in [0, 0.05) is 23.8 Å². The fourth-order valence-corrected chi connectivity index (χ4v) is 3.75. The molecule has 20 heavy (non-hydrogen) atoms. The zero-order chi connectivity index (χ0) is 14.9. The van der Waals surface area contributed by atoms with Crippen LogP contribution in [0.2, 0.25) is 0 Å². The molecule has 1 heterocycles. The summed E-state index contributed by atoms with van der Waals surface area (Å²) in [6.07, 6.45) is 1.65. The second-order valence-corrected chi connectivity index (χ2v) is 6.56. The summed E-state index contributed by atoms with van der Waals surface area (Å²) in [7, 11) is -2.43. The van der Waals surface area contributed by atoms with Gasteiger partial charge in [0.2, 0.25) is 10.0 Å². The van der Waals surface area contributed by atoms with E-state index in [1.165, 1.54) is 4.68 Å². The van der Waals surface area contributed by atoms with Gasteiger partial charge in [-0.15, -0.1) is 0 Å². The topological polar surface area (TPSA) is 64.0 Å². The maximum Gasteiger partial charge on any atom is 0.244 e. The van der Waals surface area contributed by atoms with Crippen LogP contribution in [0.4, 0.5) is 8.78 Å². The minimum atomic E-state index is -4.12. The Labute approximate surface area is 122 Å². The van der Waals surface area contributed by atoms with Crippen molar-refractivity contribution in [3.05, 3.63) is 46.2 Å². The summed E-state index contributed by atoms with van der Waals surface area (Å²) in [5.74, 6) is -2.02. The van der Waals surface area contributed by atoms with Crippen molar-refractivity contribution in [1.29, 1.82) is 0 Å². The molecule has 2 rings (SSSR count). The number of rotatable bonds is 4. The SMILES string of the molecule is Cn1ccc(CNS(=O)(=O)c2c(F)cc(F)cc2Br)n1. The summed E-state index contributed by atoms with van der Waals surface area (Å²) in [6, 6.07) is 3.02. The average Bonchev–Trinajstić information content (AvgIpc) is 2.71. The molecule has 0 aliphatic carbocycles. The predicted octanol–water partition coefficient (Wildman–Crippen LogP) is 1.94. The van der Waals surface area contributed by atoms with E-state index in [0.29, 0.717) is 11.8 Å². The lowest BCUT2D eigenvalue weighted by Crippen LogP contribution is -2.25. The highest BCUT2D eigenvalue weighted by atomic mass is 79.9. The molecule has 1 N–H and O–H groups in total. The van der Waals surface area contributed by atoms with Crippen LogP contribution in [0.1, 0.15) is 5.69 Å². The highest BCUT2D eigenvalue weighted by Gasteiger charge is 2.23. The van der Waals surface area contributed by atoms with Gasteiger partial charge in [-0.25, -0.2) is 21.9 Å². The largest absolute Gasteiger partial charge is 0.276 e. The molecule has 0 aliphatic heterocycles. The Morgan fingerprint density at radius 1 is 1.40 bits per heavy atom. The van der Waals surface area contributed by atoms with E-state index in [9.17, 15) is 17.2 Å². The van der Waals surface area contributed by atoms with Gasteiger partial charge in [-0.2, -0.15) is 5.10 Å². The van der Waals surface area contributed by atoms with Gasteiger partial charge in [-0.05, 0) is 28.1 Å². The molecule has 0 amide bonds. The third kappa shape index (κ3) is 3.22. The molecule has 0 saturated heterocycles. The number of hydrogen-bond acceptors (Lipinski definition) is 3. The number of halogens is 3. The van der Waals surface area contributed by atoms with Gasteiger partial charge in [0.25, 0.3) is 0 Å². The average molecular weight is 366 g/mol. The van der Waals surface area contributed by atoms with Crippen molar-refractivity contribution in [2.75, 3.05) is 0 Å². The lowest BCUT2D eigenvalue weighted by atomic mass is 10.3. The van der Waals surface area contributed by atoms with E-state index in [1.54, 1.807) is 19.3 Å². The van der Waals surface area contributed by atoms with E-state index in [-0.39, 0.29) is 11.0 Å². The lowest BCUT2D eigenvalue weighted by Gasteiger charge is -2.08. The zero-order valence-corrected chi connectivity index (χ0v) is 12.7. The third-order valence-electron chi connectivity index (χ3n) is 2.44. The Morgan fingerprint density at radius 3 is 2.65 bits per heavy atom.